The number of fused-ring (bicyclic) bond motifs is 2. The molecule has 0 spiro atoms. The van der Waals surface area contributed by atoms with Crippen LogP contribution in [-0.2, 0) is 14.8 Å². The van der Waals surface area contributed by atoms with Gasteiger partial charge in [-0.3, -0.25) is 4.79 Å². The molecule has 0 aromatic rings. The third-order valence-corrected chi connectivity index (χ3v) is 5.83. The Labute approximate surface area is 127 Å². The van der Waals surface area contributed by atoms with Crippen molar-refractivity contribution in [2.24, 2.45) is 5.92 Å². The molecule has 0 aliphatic carbocycles. The van der Waals surface area contributed by atoms with Crippen LogP contribution in [0.4, 0.5) is 0 Å². The molecule has 2 saturated heterocycles. The van der Waals surface area contributed by atoms with Gasteiger partial charge in [0, 0.05) is 31.6 Å². The molecule has 0 aromatic carbocycles. The summed E-state index contributed by atoms with van der Waals surface area (Å²) in [5, 5.41) is 6.47. The fourth-order valence-corrected chi connectivity index (χ4v) is 3.98. The predicted octanol–water partition coefficient (Wildman–Crippen LogP) is 0.353. The number of carbonyl (C=O) groups is 1. The number of amides is 1. The van der Waals surface area contributed by atoms with Crippen molar-refractivity contribution >= 4 is 15.9 Å². The van der Waals surface area contributed by atoms with Crippen LogP contribution in [0.2, 0.25) is 0 Å². The van der Waals surface area contributed by atoms with Crippen molar-refractivity contribution in [3.05, 3.63) is 0 Å². The third-order valence-electron chi connectivity index (χ3n) is 4.42. The first kappa shape index (κ1) is 16.7. The Hall–Kier alpha value is -0.660. The minimum absolute atomic E-state index is 0.0947. The van der Waals surface area contributed by atoms with Crippen molar-refractivity contribution in [3.8, 4) is 0 Å². The minimum Gasteiger partial charge on any atom is -0.356 e. The van der Waals surface area contributed by atoms with E-state index in [1.807, 2.05) is 0 Å². The van der Waals surface area contributed by atoms with E-state index in [0.29, 0.717) is 43.9 Å². The summed E-state index contributed by atoms with van der Waals surface area (Å²) < 4.78 is 24.9. The van der Waals surface area contributed by atoms with E-state index in [1.54, 1.807) is 6.92 Å². The van der Waals surface area contributed by atoms with Gasteiger partial charge in [0.05, 0.1) is 5.75 Å². The lowest BCUT2D eigenvalue weighted by Gasteiger charge is -2.28. The molecule has 0 radical (unpaired) electrons. The Kier molecular flexibility index (Phi) is 6.01. The molecule has 2 rings (SSSR count). The average molecular weight is 317 g/mol. The topological polar surface area (TPSA) is 87.3 Å². The Morgan fingerprint density at radius 1 is 1.19 bits per heavy atom. The van der Waals surface area contributed by atoms with E-state index in [0.717, 1.165) is 12.8 Å². The fraction of sp³-hybridized carbons (Fsp3) is 0.929. The Morgan fingerprint density at radius 3 is 2.48 bits per heavy atom. The molecule has 122 valence electrons. The predicted molar refractivity (Wildman–Crippen MR) is 82.4 cm³/mol. The van der Waals surface area contributed by atoms with Crippen LogP contribution in [0.25, 0.3) is 0 Å². The maximum atomic E-state index is 11.9. The molecular formula is C14H27N3O3S. The van der Waals surface area contributed by atoms with Gasteiger partial charge >= 0.3 is 0 Å². The second-order valence-corrected chi connectivity index (χ2v) is 8.28. The lowest BCUT2D eigenvalue weighted by Crippen LogP contribution is -2.40. The van der Waals surface area contributed by atoms with Crippen molar-refractivity contribution in [3.63, 3.8) is 0 Å². The van der Waals surface area contributed by atoms with Crippen LogP contribution in [0.1, 0.15) is 45.4 Å². The molecule has 6 nitrogen and oxygen atoms in total. The number of sulfonamides is 1. The molecule has 2 atom stereocenters. The van der Waals surface area contributed by atoms with Crippen LogP contribution in [-0.4, -0.2) is 45.3 Å². The van der Waals surface area contributed by atoms with Gasteiger partial charge in [0.2, 0.25) is 15.9 Å². The zero-order valence-corrected chi connectivity index (χ0v) is 13.5. The van der Waals surface area contributed by atoms with Crippen molar-refractivity contribution in [2.45, 2.75) is 57.5 Å². The highest BCUT2D eigenvalue weighted by atomic mass is 32.2. The molecule has 21 heavy (non-hydrogen) atoms. The molecule has 2 unspecified atom stereocenters. The lowest BCUT2D eigenvalue weighted by atomic mass is 9.89. The van der Waals surface area contributed by atoms with Gasteiger partial charge in [-0.2, -0.15) is 0 Å². The average Bonchev–Trinajstić information content (AvgIpc) is 2.77. The number of rotatable bonds is 8. The number of nitrogens with one attached hydrogen (secondary N) is 3. The summed E-state index contributed by atoms with van der Waals surface area (Å²) in [5.41, 5.74) is 0. The summed E-state index contributed by atoms with van der Waals surface area (Å²) in [4.78, 5) is 11.9. The summed E-state index contributed by atoms with van der Waals surface area (Å²) in [6.07, 6.45) is 5.96. The smallest absolute Gasteiger partial charge is 0.220 e. The lowest BCUT2D eigenvalue weighted by molar-refractivity contribution is -0.122. The van der Waals surface area contributed by atoms with Gasteiger partial charge in [-0.1, -0.05) is 0 Å². The third kappa shape index (κ3) is 5.56. The first-order valence-corrected chi connectivity index (χ1v) is 9.64. The minimum atomic E-state index is -3.12. The van der Waals surface area contributed by atoms with Crippen molar-refractivity contribution in [1.82, 2.24) is 15.4 Å². The molecule has 0 aromatic heterocycles. The van der Waals surface area contributed by atoms with Crippen LogP contribution < -0.4 is 15.4 Å². The van der Waals surface area contributed by atoms with Gasteiger partial charge in [0.15, 0.2) is 0 Å². The highest BCUT2D eigenvalue weighted by Crippen LogP contribution is 2.32. The Bertz CT molecular complexity index is 440. The molecular weight excluding hydrogens is 290 g/mol. The van der Waals surface area contributed by atoms with Gasteiger partial charge < -0.3 is 10.6 Å². The largest absolute Gasteiger partial charge is 0.356 e. The van der Waals surface area contributed by atoms with Gasteiger partial charge in [-0.25, -0.2) is 13.1 Å². The maximum Gasteiger partial charge on any atom is 0.220 e. The van der Waals surface area contributed by atoms with Gasteiger partial charge in [-0.05, 0) is 44.9 Å². The summed E-state index contributed by atoms with van der Waals surface area (Å²) in [6, 6.07) is 1.23. The molecule has 2 aliphatic heterocycles. The van der Waals surface area contributed by atoms with E-state index in [1.165, 1.54) is 12.8 Å². The van der Waals surface area contributed by atoms with Gasteiger partial charge in [-0.15, -0.1) is 0 Å². The monoisotopic (exact) mass is 317 g/mol. The molecule has 2 heterocycles. The molecule has 1 amide bonds. The van der Waals surface area contributed by atoms with E-state index >= 15 is 0 Å². The van der Waals surface area contributed by atoms with Crippen LogP contribution >= 0.6 is 0 Å². The number of carbonyl (C=O) groups excluding carboxylic acids is 1. The van der Waals surface area contributed by atoms with E-state index in [9.17, 15) is 13.2 Å². The Balaban J connectivity index is 1.56. The summed E-state index contributed by atoms with van der Waals surface area (Å²) >= 11 is 0. The molecule has 2 bridgehead atoms. The van der Waals surface area contributed by atoms with E-state index in [2.05, 4.69) is 15.4 Å². The maximum absolute atomic E-state index is 11.9. The zero-order valence-electron chi connectivity index (χ0n) is 12.7. The number of hydrogen-bond donors (Lipinski definition) is 3. The summed E-state index contributed by atoms with van der Waals surface area (Å²) in [5.74, 6) is 0.694. The standard InChI is InChI=1S/C14H27N3O3S/c1-2-21(19,20)16-7-3-6-15-14(18)10-11-8-12-4-5-13(9-11)17-12/h11-13,16-17H,2-10H2,1H3,(H,15,18). The second-order valence-electron chi connectivity index (χ2n) is 6.18. The van der Waals surface area contributed by atoms with Crippen LogP contribution in [0.15, 0.2) is 0 Å². The van der Waals surface area contributed by atoms with Gasteiger partial charge in [0.25, 0.3) is 0 Å². The molecule has 2 aliphatic rings. The highest BCUT2D eigenvalue weighted by Gasteiger charge is 2.33. The van der Waals surface area contributed by atoms with E-state index < -0.39 is 10.0 Å². The number of hydrogen-bond acceptors (Lipinski definition) is 4. The van der Waals surface area contributed by atoms with Crippen LogP contribution in [0, 0.1) is 5.92 Å². The zero-order chi connectivity index (χ0) is 15.3. The first-order valence-electron chi connectivity index (χ1n) is 7.98. The normalized spacial score (nSPS) is 28.5. The highest BCUT2D eigenvalue weighted by molar-refractivity contribution is 7.89. The molecule has 2 fully saturated rings. The van der Waals surface area contributed by atoms with Crippen molar-refractivity contribution in [1.29, 1.82) is 0 Å². The van der Waals surface area contributed by atoms with E-state index in [4.69, 9.17) is 0 Å². The molecule has 0 saturated carbocycles. The van der Waals surface area contributed by atoms with Crippen molar-refractivity contribution in [2.75, 3.05) is 18.8 Å². The quantitative estimate of drug-likeness (QED) is 0.564. The second kappa shape index (κ2) is 7.56. The van der Waals surface area contributed by atoms with Crippen LogP contribution in [0.3, 0.4) is 0 Å². The molecule has 3 N–H and O–H groups in total. The SMILES string of the molecule is CCS(=O)(=O)NCCCNC(=O)CC1CC2CCC(C1)N2. The van der Waals surface area contributed by atoms with Gasteiger partial charge in [0.1, 0.15) is 0 Å². The summed E-state index contributed by atoms with van der Waals surface area (Å²) in [7, 11) is -3.12. The van der Waals surface area contributed by atoms with Crippen LogP contribution in [0.5, 0.6) is 0 Å². The Morgan fingerprint density at radius 2 is 1.86 bits per heavy atom. The first-order chi connectivity index (χ1) is 9.98. The fourth-order valence-electron chi connectivity index (χ4n) is 3.32. The van der Waals surface area contributed by atoms with Crippen molar-refractivity contribution < 1.29 is 13.2 Å². The number of piperidine rings is 1. The van der Waals surface area contributed by atoms with E-state index in [-0.39, 0.29) is 11.7 Å². The summed E-state index contributed by atoms with van der Waals surface area (Å²) in [6.45, 7) is 2.52. The molecule has 7 heteroatoms.